The molecule has 2 aromatic carbocycles. The number of aromatic nitrogens is 1. The van der Waals surface area contributed by atoms with Crippen molar-refractivity contribution in [1.82, 2.24) is 4.68 Å². The number of hydrogen-bond acceptors (Lipinski definition) is 4. The highest BCUT2D eigenvalue weighted by molar-refractivity contribution is 5.83. The SMILES string of the molecule is N#Cc1c(C(F)(F)F)cc(-c2ccccc2)n(N=Cc2ccccc2O)c1=O. The van der Waals surface area contributed by atoms with Crippen LogP contribution in [-0.4, -0.2) is 16.0 Å². The molecule has 140 valence electrons. The molecule has 0 amide bonds. The Hall–Kier alpha value is -3.86. The van der Waals surface area contributed by atoms with Crippen molar-refractivity contribution < 1.29 is 18.3 Å². The third-order valence-corrected chi connectivity index (χ3v) is 3.92. The number of phenols is 1. The van der Waals surface area contributed by atoms with Gasteiger partial charge in [0.2, 0.25) is 0 Å². The number of aromatic hydroxyl groups is 1. The van der Waals surface area contributed by atoms with Crippen molar-refractivity contribution in [2.75, 3.05) is 0 Å². The third kappa shape index (κ3) is 3.64. The normalized spacial score (nSPS) is 11.5. The number of para-hydroxylation sites is 1. The van der Waals surface area contributed by atoms with E-state index < -0.39 is 22.9 Å². The summed E-state index contributed by atoms with van der Waals surface area (Å²) in [5.41, 5.74) is -3.16. The molecule has 0 unspecified atom stereocenters. The summed E-state index contributed by atoms with van der Waals surface area (Å²) >= 11 is 0. The molecule has 0 saturated carbocycles. The number of alkyl halides is 3. The summed E-state index contributed by atoms with van der Waals surface area (Å²) in [7, 11) is 0. The zero-order valence-corrected chi connectivity index (χ0v) is 14.2. The Morgan fingerprint density at radius 3 is 2.32 bits per heavy atom. The fraction of sp³-hybridized carbons (Fsp3) is 0.0500. The molecule has 0 fully saturated rings. The van der Waals surface area contributed by atoms with Gasteiger partial charge in [0.1, 0.15) is 17.4 Å². The topological polar surface area (TPSA) is 78.4 Å². The standard InChI is InChI=1S/C20H12F3N3O2/c21-20(22,23)16-10-17(13-6-2-1-3-7-13)26(19(28)15(16)11-24)25-12-14-8-4-5-9-18(14)27/h1-10,12,27H. The van der Waals surface area contributed by atoms with Gasteiger partial charge in [0, 0.05) is 11.1 Å². The van der Waals surface area contributed by atoms with E-state index in [4.69, 9.17) is 5.26 Å². The van der Waals surface area contributed by atoms with Gasteiger partial charge in [0.25, 0.3) is 5.56 Å². The van der Waals surface area contributed by atoms with Gasteiger partial charge in [-0.2, -0.15) is 28.2 Å². The lowest BCUT2D eigenvalue weighted by molar-refractivity contribution is -0.137. The van der Waals surface area contributed by atoms with E-state index in [2.05, 4.69) is 5.10 Å². The molecular formula is C20H12F3N3O2. The maximum Gasteiger partial charge on any atom is 0.417 e. The summed E-state index contributed by atoms with van der Waals surface area (Å²) in [6.45, 7) is 0. The molecule has 28 heavy (non-hydrogen) atoms. The van der Waals surface area contributed by atoms with E-state index in [-0.39, 0.29) is 17.0 Å². The number of hydrogen-bond donors (Lipinski definition) is 1. The van der Waals surface area contributed by atoms with Crippen LogP contribution in [0.15, 0.2) is 70.6 Å². The van der Waals surface area contributed by atoms with Gasteiger partial charge in [-0.25, -0.2) is 0 Å². The first-order valence-corrected chi connectivity index (χ1v) is 7.98. The van der Waals surface area contributed by atoms with Crippen LogP contribution < -0.4 is 5.56 Å². The molecule has 3 aromatic rings. The van der Waals surface area contributed by atoms with Crippen LogP contribution in [0.3, 0.4) is 0 Å². The average Bonchev–Trinajstić information content (AvgIpc) is 2.67. The number of nitriles is 1. The van der Waals surface area contributed by atoms with Crippen LogP contribution in [0.2, 0.25) is 0 Å². The number of nitrogens with zero attached hydrogens (tertiary/aromatic N) is 3. The van der Waals surface area contributed by atoms with Gasteiger partial charge in [-0.3, -0.25) is 4.79 Å². The van der Waals surface area contributed by atoms with Gasteiger partial charge in [0.15, 0.2) is 0 Å². The molecular weight excluding hydrogens is 371 g/mol. The molecule has 0 atom stereocenters. The van der Waals surface area contributed by atoms with Gasteiger partial charge in [-0.05, 0) is 18.2 Å². The van der Waals surface area contributed by atoms with Gasteiger partial charge in [-0.15, -0.1) is 0 Å². The van der Waals surface area contributed by atoms with Crippen LogP contribution in [-0.2, 0) is 6.18 Å². The van der Waals surface area contributed by atoms with Gasteiger partial charge < -0.3 is 5.11 Å². The summed E-state index contributed by atoms with van der Waals surface area (Å²) in [4.78, 5) is 12.6. The number of rotatable bonds is 3. The zero-order valence-electron chi connectivity index (χ0n) is 14.2. The predicted molar refractivity (Wildman–Crippen MR) is 97.0 cm³/mol. The maximum absolute atomic E-state index is 13.4. The van der Waals surface area contributed by atoms with E-state index in [1.807, 2.05) is 0 Å². The van der Waals surface area contributed by atoms with Crippen molar-refractivity contribution in [1.29, 1.82) is 5.26 Å². The molecule has 0 spiro atoms. The van der Waals surface area contributed by atoms with Crippen molar-refractivity contribution in [3.63, 3.8) is 0 Å². The molecule has 8 heteroatoms. The largest absolute Gasteiger partial charge is 0.507 e. The second-order valence-corrected chi connectivity index (χ2v) is 5.71. The van der Waals surface area contributed by atoms with E-state index in [0.29, 0.717) is 5.56 Å². The van der Waals surface area contributed by atoms with E-state index in [1.54, 1.807) is 30.3 Å². The molecule has 3 rings (SSSR count). The van der Waals surface area contributed by atoms with Crippen molar-refractivity contribution in [2.45, 2.75) is 6.18 Å². The van der Waals surface area contributed by atoms with Crippen LogP contribution in [0, 0.1) is 11.3 Å². The molecule has 1 N–H and O–H groups in total. The Bertz CT molecular complexity index is 1140. The third-order valence-electron chi connectivity index (χ3n) is 3.92. The minimum absolute atomic E-state index is 0.118. The quantitative estimate of drug-likeness (QED) is 0.695. The first-order valence-electron chi connectivity index (χ1n) is 7.98. The van der Waals surface area contributed by atoms with Crippen LogP contribution in [0.5, 0.6) is 5.75 Å². The van der Waals surface area contributed by atoms with Crippen molar-refractivity contribution >= 4 is 6.21 Å². The Labute approximate surface area is 157 Å². The van der Waals surface area contributed by atoms with E-state index >= 15 is 0 Å². The lowest BCUT2D eigenvalue weighted by Gasteiger charge is -2.14. The van der Waals surface area contributed by atoms with Gasteiger partial charge >= 0.3 is 6.18 Å². The summed E-state index contributed by atoms with van der Waals surface area (Å²) in [6.07, 6.45) is -3.74. The van der Waals surface area contributed by atoms with Crippen LogP contribution in [0.1, 0.15) is 16.7 Å². The molecule has 0 aliphatic heterocycles. The van der Waals surface area contributed by atoms with Crippen molar-refractivity contribution in [3.8, 4) is 23.1 Å². The minimum atomic E-state index is -4.88. The Balaban J connectivity index is 2.30. The second kappa shape index (κ2) is 7.40. The van der Waals surface area contributed by atoms with Crippen molar-refractivity contribution in [2.24, 2.45) is 5.10 Å². The number of halogens is 3. The Kier molecular flexibility index (Phi) is 5.00. The summed E-state index contributed by atoms with van der Waals surface area (Å²) in [5, 5.41) is 22.9. The van der Waals surface area contributed by atoms with E-state index in [1.165, 1.54) is 30.3 Å². The second-order valence-electron chi connectivity index (χ2n) is 5.71. The highest BCUT2D eigenvalue weighted by atomic mass is 19.4. The molecule has 0 saturated heterocycles. The lowest BCUT2D eigenvalue weighted by Crippen LogP contribution is -2.26. The summed E-state index contributed by atoms with van der Waals surface area (Å²) < 4.78 is 40.8. The molecule has 1 heterocycles. The first kappa shape index (κ1) is 18.9. The molecule has 0 radical (unpaired) electrons. The molecule has 0 bridgehead atoms. The van der Waals surface area contributed by atoms with Gasteiger partial charge in [-0.1, -0.05) is 42.5 Å². The lowest BCUT2D eigenvalue weighted by atomic mass is 10.0. The Morgan fingerprint density at radius 1 is 1.07 bits per heavy atom. The fourth-order valence-corrected chi connectivity index (χ4v) is 2.58. The molecule has 5 nitrogen and oxygen atoms in total. The first-order chi connectivity index (χ1) is 13.3. The number of benzene rings is 2. The molecule has 1 aromatic heterocycles. The highest BCUT2D eigenvalue weighted by Gasteiger charge is 2.36. The number of phenolic OH excluding ortho intramolecular Hbond substituents is 1. The zero-order chi connectivity index (χ0) is 20.3. The van der Waals surface area contributed by atoms with E-state index in [0.717, 1.165) is 17.0 Å². The van der Waals surface area contributed by atoms with E-state index in [9.17, 15) is 23.1 Å². The summed E-state index contributed by atoms with van der Waals surface area (Å²) in [6, 6.07) is 16.1. The highest BCUT2D eigenvalue weighted by Crippen LogP contribution is 2.33. The monoisotopic (exact) mass is 383 g/mol. The average molecular weight is 383 g/mol. The van der Waals surface area contributed by atoms with Crippen LogP contribution in [0.4, 0.5) is 13.2 Å². The maximum atomic E-state index is 13.4. The predicted octanol–water partition coefficient (Wildman–Crippen LogP) is 3.99. The van der Waals surface area contributed by atoms with Crippen LogP contribution >= 0.6 is 0 Å². The summed E-state index contributed by atoms with van der Waals surface area (Å²) in [5.74, 6) is -0.118. The minimum Gasteiger partial charge on any atom is -0.507 e. The van der Waals surface area contributed by atoms with Gasteiger partial charge in [0.05, 0.1) is 17.5 Å². The fourth-order valence-electron chi connectivity index (χ4n) is 2.58. The molecule has 0 aliphatic carbocycles. The Morgan fingerprint density at radius 2 is 1.71 bits per heavy atom. The molecule has 0 aliphatic rings. The van der Waals surface area contributed by atoms with Crippen LogP contribution in [0.25, 0.3) is 11.3 Å². The smallest absolute Gasteiger partial charge is 0.417 e. The van der Waals surface area contributed by atoms with Crippen molar-refractivity contribution in [3.05, 3.63) is 87.7 Å². The number of pyridine rings is 1.